The summed E-state index contributed by atoms with van der Waals surface area (Å²) in [6.07, 6.45) is 0. The Balaban J connectivity index is 2.21. The van der Waals surface area contributed by atoms with E-state index >= 15 is 0 Å². The number of aromatic nitrogens is 1. The molecular formula is C13H14ClN3OS. The average Bonchev–Trinajstić information content (AvgIpc) is 2.90. The van der Waals surface area contributed by atoms with Crippen LogP contribution in [0, 0.1) is 0 Å². The van der Waals surface area contributed by atoms with Crippen molar-refractivity contribution in [1.29, 1.82) is 0 Å². The second-order valence-electron chi connectivity index (χ2n) is 4.08. The van der Waals surface area contributed by atoms with Crippen molar-refractivity contribution < 1.29 is 4.79 Å². The molecule has 1 aromatic carbocycles. The minimum Gasteiger partial charge on any atom is -0.387 e. The molecule has 0 spiro atoms. The summed E-state index contributed by atoms with van der Waals surface area (Å²) in [5, 5.41) is 5.47. The minimum atomic E-state index is -0.0835. The molecule has 0 saturated heterocycles. The normalized spacial score (nSPS) is 10.3. The lowest BCUT2D eigenvalue weighted by molar-refractivity contribution is 0.0784. The van der Waals surface area contributed by atoms with Crippen molar-refractivity contribution in [3.05, 3.63) is 45.4 Å². The molecule has 0 bridgehead atoms. The predicted octanol–water partition coefficient (Wildman–Crippen LogP) is 3.11. The van der Waals surface area contributed by atoms with Crippen LogP contribution in [0.15, 0.2) is 29.1 Å². The Morgan fingerprint density at radius 2 is 2.32 bits per heavy atom. The van der Waals surface area contributed by atoms with Gasteiger partial charge in [-0.2, -0.15) is 0 Å². The molecule has 0 atom stereocenters. The summed E-state index contributed by atoms with van der Waals surface area (Å²) in [7, 11) is 3.53. The maximum Gasteiger partial charge on any atom is 0.256 e. The van der Waals surface area contributed by atoms with Gasteiger partial charge in [-0.15, -0.1) is 11.3 Å². The second kappa shape index (κ2) is 6.04. The number of rotatable bonds is 4. The molecule has 0 aliphatic carbocycles. The number of benzene rings is 1. The third kappa shape index (κ3) is 3.24. The first kappa shape index (κ1) is 13.8. The number of nitrogens with one attached hydrogen (secondary N) is 1. The Morgan fingerprint density at radius 3 is 2.95 bits per heavy atom. The van der Waals surface area contributed by atoms with Crippen LogP contribution < -0.4 is 5.32 Å². The van der Waals surface area contributed by atoms with E-state index in [1.54, 1.807) is 42.7 Å². The lowest BCUT2D eigenvalue weighted by atomic mass is 10.1. The third-order valence-electron chi connectivity index (χ3n) is 2.71. The highest BCUT2D eigenvalue weighted by Gasteiger charge is 2.16. The van der Waals surface area contributed by atoms with Gasteiger partial charge in [0.25, 0.3) is 5.91 Å². The Morgan fingerprint density at radius 1 is 1.53 bits per heavy atom. The van der Waals surface area contributed by atoms with Crippen molar-refractivity contribution in [2.45, 2.75) is 6.54 Å². The summed E-state index contributed by atoms with van der Waals surface area (Å²) in [6, 6.07) is 5.23. The summed E-state index contributed by atoms with van der Waals surface area (Å²) in [6.45, 7) is 0.484. The largest absolute Gasteiger partial charge is 0.387 e. The molecule has 0 unspecified atom stereocenters. The zero-order valence-corrected chi connectivity index (χ0v) is 12.3. The van der Waals surface area contributed by atoms with Crippen molar-refractivity contribution in [3.8, 4) is 0 Å². The quantitative estimate of drug-likeness (QED) is 0.942. The number of halogens is 1. The Labute approximate surface area is 121 Å². The minimum absolute atomic E-state index is 0.0835. The molecule has 1 aromatic heterocycles. The van der Waals surface area contributed by atoms with Crippen molar-refractivity contribution in [2.75, 3.05) is 19.4 Å². The van der Waals surface area contributed by atoms with Crippen molar-refractivity contribution >= 4 is 34.5 Å². The number of carbonyl (C=O) groups excluding carboxylic acids is 1. The van der Waals surface area contributed by atoms with Crippen LogP contribution in [0.5, 0.6) is 0 Å². The smallest absolute Gasteiger partial charge is 0.256 e. The van der Waals surface area contributed by atoms with Gasteiger partial charge in [-0.05, 0) is 18.2 Å². The van der Waals surface area contributed by atoms with Gasteiger partial charge >= 0.3 is 0 Å². The Hall–Kier alpha value is -1.59. The molecule has 0 radical (unpaired) electrons. The fourth-order valence-electron chi connectivity index (χ4n) is 1.75. The van der Waals surface area contributed by atoms with E-state index in [2.05, 4.69) is 10.3 Å². The van der Waals surface area contributed by atoms with Crippen molar-refractivity contribution in [3.63, 3.8) is 0 Å². The molecule has 1 amide bonds. The van der Waals surface area contributed by atoms with E-state index in [0.29, 0.717) is 17.1 Å². The van der Waals surface area contributed by atoms with Crippen LogP contribution in [0.25, 0.3) is 0 Å². The first-order valence-corrected chi connectivity index (χ1v) is 7.03. The summed E-state index contributed by atoms with van der Waals surface area (Å²) >= 11 is 7.47. The summed E-state index contributed by atoms with van der Waals surface area (Å²) in [5.74, 6) is -0.0835. The highest BCUT2D eigenvalue weighted by atomic mass is 35.5. The van der Waals surface area contributed by atoms with Gasteiger partial charge in [-0.3, -0.25) is 4.79 Å². The fourth-order valence-corrected chi connectivity index (χ4v) is 2.47. The molecule has 2 aromatic rings. The van der Waals surface area contributed by atoms with Crippen LogP contribution in [0.4, 0.5) is 5.69 Å². The van der Waals surface area contributed by atoms with Gasteiger partial charge in [0.1, 0.15) is 0 Å². The summed E-state index contributed by atoms with van der Waals surface area (Å²) in [4.78, 5) is 18.2. The number of hydrogen-bond acceptors (Lipinski definition) is 4. The Bertz CT molecular complexity index is 571. The molecule has 4 nitrogen and oxygen atoms in total. The Kier molecular flexibility index (Phi) is 4.39. The zero-order chi connectivity index (χ0) is 13.8. The molecular weight excluding hydrogens is 282 g/mol. The van der Waals surface area contributed by atoms with Gasteiger partial charge < -0.3 is 10.2 Å². The van der Waals surface area contributed by atoms with Crippen molar-refractivity contribution in [2.24, 2.45) is 0 Å². The molecule has 0 aliphatic rings. The number of carbonyl (C=O) groups is 1. The molecule has 0 aliphatic heterocycles. The van der Waals surface area contributed by atoms with E-state index in [1.807, 2.05) is 5.38 Å². The molecule has 0 saturated carbocycles. The number of amides is 1. The van der Waals surface area contributed by atoms with Crippen LogP contribution in [0.3, 0.4) is 0 Å². The zero-order valence-electron chi connectivity index (χ0n) is 10.7. The highest BCUT2D eigenvalue weighted by molar-refractivity contribution is 7.07. The van der Waals surface area contributed by atoms with E-state index < -0.39 is 0 Å². The lowest BCUT2D eigenvalue weighted by Gasteiger charge is -2.18. The van der Waals surface area contributed by atoms with Gasteiger partial charge in [-0.1, -0.05) is 11.6 Å². The van der Waals surface area contributed by atoms with E-state index in [4.69, 9.17) is 11.6 Å². The van der Waals surface area contributed by atoms with Crippen LogP contribution >= 0.6 is 22.9 Å². The molecule has 2 rings (SSSR count). The van der Waals surface area contributed by atoms with Crippen LogP contribution in [0.1, 0.15) is 16.1 Å². The standard InChI is InChI=1S/C13H14ClN3OS/c1-15-12-4-3-9(14)5-11(12)13(18)17(2)6-10-7-19-8-16-10/h3-5,7-8,15H,6H2,1-2H3. The molecule has 0 fully saturated rings. The van der Waals surface area contributed by atoms with Gasteiger partial charge in [0.05, 0.1) is 23.3 Å². The van der Waals surface area contributed by atoms with Gasteiger partial charge in [0.2, 0.25) is 0 Å². The van der Waals surface area contributed by atoms with Gasteiger partial charge in [0, 0.05) is 30.2 Å². The van der Waals surface area contributed by atoms with Crippen LogP contribution in [0.2, 0.25) is 5.02 Å². The van der Waals surface area contributed by atoms with E-state index in [1.165, 1.54) is 11.3 Å². The number of anilines is 1. The molecule has 1 N–H and O–H groups in total. The molecule has 19 heavy (non-hydrogen) atoms. The maximum absolute atomic E-state index is 12.4. The second-order valence-corrected chi connectivity index (χ2v) is 5.24. The maximum atomic E-state index is 12.4. The lowest BCUT2D eigenvalue weighted by Crippen LogP contribution is -2.27. The average molecular weight is 296 g/mol. The summed E-state index contributed by atoms with van der Waals surface area (Å²) < 4.78 is 0. The molecule has 6 heteroatoms. The van der Waals surface area contributed by atoms with Gasteiger partial charge in [0.15, 0.2) is 0 Å². The molecule has 1 heterocycles. The predicted molar refractivity (Wildman–Crippen MR) is 78.9 cm³/mol. The van der Waals surface area contributed by atoms with Crippen LogP contribution in [-0.2, 0) is 6.54 Å². The van der Waals surface area contributed by atoms with Crippen LogP contribution in [-0.4, -0.2) is 29.9 Å². The van der Waals surface area contributed by atoms with Gasteiger partial charge in [-0.25, -0.2) is 4.98 Å². The number of hydrogen-bond donors (Lipinski definition) is 1. The van der Waals surface area contributed by atoms with E-state index in [-0.39, 0.29) is 5.91 Å². The number of thiazole rings is 1. The first-order chi connectivity index (χ1) is 9.11. The third-order valence-corrected chi connectivity index (χ3v) is 3.58. The van der Waals surface area contributed by atoms with E-state index in [0.717, 1.165) is 11.4 Å². The number of nitrogens with zero attached hydrogens (tertiary/aromatic N) is 2. The fraction of sp³-hybridized carbons (Fsp3) is 0.231. The molecule has 100 valence electrons. The van der Waals surface area contributed by atoms with E-state index in [9.17, 15) is 4.79 Å². The SMILES string of the molecule is CNc1ccc(Cl)cc1C(=O)N(C)Cc1cscn1. The van der Waals surface area contributed by atoms with Crippen molar-refractivity contribution in [1.82, 2.24) is 9.88 Å². The topological polar surface area (TPSA) is 45.2 Å². The monoisotopic (exact) mass is 295 g/mol. The first-order valence-electron chi connectivity index (χ1n) is 5.71. The highest BCUT2D eigenvalue weighted by Crippen LogP contribution is 2.22. The summed E-state index contributed by atoms with van der Waals surface area (Å²) in [5.41, 5.74) is 3.97.